The largest absolute Gasteiger partial charge is 0.465 e. The number of methoxy groups -OCH3 is 1. The Labute approximate surface area is 278 Å². The van der Waals surface area contributed by atoms with E-state index in [0.29, 0.717) is 12.8 Å². The maximum Gasteiger partial charge on any atom is 0.348 e. The summed E-state index contributed by atoms with van der Waals surface area (Å²) in [6.07, 6.45) is 3.67. The van der Waals surface area contributed by atoms with Crippen LogP contribution >= 0.6 is 12.4 Å². The maximum absolute atomic E-state index is 11.2. The first kappa shape index (κ1) is 47.6. The molecule has 0 radical (unpaired) electrons. The zero-order valence-corrected chi connectivity index (χ0v) is 26.5. The van der Waals surface area contributed by atoms with E-state index in [4.69, 9.17) is 33.0 Å². The van der Waals surface area contributed by atoms with Gasteiger partial charge in [-0.2, -0.15) is 15.8 Å². The van der Waals surface area contributed by atoms with E-state index in [-0.39, 0.29) is 38.7 Å². The van der Waals surface area contributed by atoms with Crippen LogP contribution in [0.25, 0.3) is 0 Å². The minimum absolute atomic E-state index is 0. The summed E-state index contributed by atoms with van der Waals surface area (Å²) in [5, 5.41) is 24.0. The third-order valence-electron chi connectivity index (χ3n) is 5.31. The van der Waals surface area contributed by atoms with Crippen LogP contribution in [0.15, 0.2) is 83.3 Å². The Balaban J connectivity index is -0.000000275. The third-order valence-corrected chi connectivity index (χ3v) is 5.31. The Bertz CT molecular complexity index is 1330. The van der Waals surface area contributed by atoms with Crippen molar-refractivity contribution in [1.82, 2.24) is 0 Å². The Morgan fingerprint density at radius 2 is 1.41 bits per heavy atom. The van der Waals surface area contributed by atoms with Gasteiger partial charge < -0.3 is 21.9 Å². The number of hydrogen-bond donors (Lipinski definition) is 3. The number of aliphatic imine (C=N–C) groups is 2. The highest BCUT2D eigenvalue weighted by Crippen LogP contribution is 2.14. The maximum atomic E-state index is 11.2. The predicted molar refractivity (Wildman–Crippen MR) is 184 cm³/mol. The molecular weight excluding hydrogens is 608 g/mol. The Hall–Kier alpha value is -5.35. The molecule has 3 unspecified atom stereocenters. The van der Waals surface area contributed by atoms with Gasteiger partial charge in [0.25, 0.3) is 0 Å². The van der Waals surface area contributed by atoms with Crippen LogP contribution in [-0.4, -0.2) is 48.9 Å². The van der Waals surface area contributed by atoms with Crippen LogP contribution in [0, 0.1) is 34.0 Å². The molecule has 0 bridgehead atoms. The smallest absolute Gasteiger partial charge is 0.348 e. The van der Waals surface area contributed by atoms with Crippen molar-refractivity contribution in [2.75, 3.05) is 7.11 Å². The topological polar surface area (TPSA) is 235 Å². The fourth-order valence-electron chi connectivity index (χ4n) is 2.86. The minimum Gasteiger partial charge on any atom is -0.465 e. The lowest BCUT2D eigenvalue weighted by Gasteiger charge is -2.08. The summed E-state index contributed by atoms with van der Waals surface area (Å²) in [6, 6.07) is 23.6. The number of carbonyl (C=O) groups excluding carboxylic acids is 3. The van der Waals surface area contributed by atoms with Crippen LogP contribution < -0.4 is 17.2 Å². The van der Waals surface area contributed by atoms with E-state index in [9.17, 15) is 14.4 Å². The molecule has 2 aromatic rings. The molecule has 2 aromatic carbocycles. The van der Waals surface area contributed by atoms with Crippen LogP contribution in [0.5, 0.6) is 0 Å². The molecule has 0 saturated heterocycles. The molecule has 0 aromatic heterocycles. The normalized spacial score (nSPS) is 11.3. The standard InChI is InChI=1S/C13H15N3O.C11H13NO2.C5H9N3O.C3H3N.CH4.ClH/c1-10(11-6-3-2-4-7-11)16-12(13(15)17)8-5-9-14;1-9(12-8-11(13)14-2)10-6-4-3-5-7-10;6-3-1-2-4(7)5(8)9;1-2-3-4;;/h2-4,6-7,12H,5,8H2,1H3,(H2,15,17);3-9H,1-2H3;4H,1-2,7H2,(H2,8,9);2H,1H2;1H4;1H. The van der Waals surface area contributed by atoms with Gasteiger partial charge in [0.2, 0.25) is 11.8 Å². The van der Waals surface area contributed by atoms with E-state index in [1.165, 1.54) is 19.4 Å². The lowest BCUT2D eigenvalue weighted by atomic mass is 10.1. The summed E-state index contributed by atoms with van der Waals surface area (Å²) in [6.45, 7) is 6.87. The summed E-state index contributed by atoms with van der Waals surface area (Å²) < 4.78 is 4.45. The van der Waals surface area contributed by atoms with Gasteiger partial charge in [-0.3, -0.25) is 19.6 Å². The first-order valence-corrected chi connectivity index (χ1v) is 13.3. The van der Waals surface area contributed by atoms with Crippen LogP contribution in [0.1, 0.15) is 64.1 Å². The van der Waals surface area contributed by atoms with Gasteiger partial charge in [0.05, 0.1) is 37.4 Å². The van der Waals surface area contributed by atoms with Gasteiger partial charge in [0.15, 0.2) is 0 Å². The number of amides is 2. The van der Waals surface area contributed by atoms with Crippen molar-refractivity contribution in [2.24, 2.45) is 27.2 Å². The fraction of sp³-hybridized carbons (Fsp3) is 0.333. The number of primary amides is 2. The highest BCUT2D eigenvalue weighted by molar-refractivity contribution is 6.23. The van der Waals surface area contributed by atoms with E-state index in [1.54, 1.807) is 6.07 Å². The number of carbonyl (C=O) groups is 3. The summed E-state index contributed by atoms with van der Waals surface area (Å²) >= 11 is 0. The first-order valence-electron chi connectivity index (χ1n) is 13.3. The zero-order valence-electron chi connectivity index (χ0n) is 25.7. The number of nitriles is 3. The first-order chi connectivity index (χ1) is 21.0. The molecule has 0 heterocycles. The fourth-order valence-corrected chi connectivity index (χ4v) is 2.86. The number of halogens is 1. The molecule has 0 fully saturated rings. The van der Waals surface area contributed by atoms with Crippen LogP contribution in [0.3, 0.4) is 0 Å². The second-order valence-electron chi connectivity index (χ2n) is 8.62. The van der Waals surface area contributed by atoms with E-state index >= 15 is 0 Å². The molecular formula is C33H45ClN8O4. The third kappa shape index (κ3) is 25.2. The van der Waals surface area contributed by atoms with Gasteiger partial charge in [-0.1, -0.05) is 74.7 Å². The van der Waals surface area contributed by atoms with Gasteiger partial charge in [-0.05, 0) is 37.8 Å². The molecule has 2 rings (SSSR count). The van der Waals surface area contributed by atoms with Gasteiger partial charge in [0.1, 0.15) is 12.3 Å². The van der Waals surface area contributed by atoms with E-state index in [2.05, 4.69) is 21.3 Å². The summed E-state index contributed by atoms with van der Waals surface area (Å²) in [4.78, 5) is 40.5. The van der Waals surface area contributed by atoms with Crippen LogP contribution in [0.2, 0.25) is 0 Å². The van der Waals surface area contributed by atoms with Crippen LogP contribution in [0.4, 0.5) is 0 Å². The number of hydrogen-bond acceptors (Lipinski definition) is 10. The van der Waals surface area contributed by atoms with Gasteiger partial charge in [-0.25, -0.2) is 4.79 Å². The molecule has 248 valence electrons. The molecule has 0 aliphatic rings. The van der Waals surface area contributed by atoms with E-state index < -0.39 is 29.9 Å². The average molecular weight is 653 g/mol. The van der Waals surface area contributed by atoms with Crippen molar-refractivity contribution in [3.63, 3.8) is 0 Å². The van der Waals surface area contributed by atoms with Crippen molar-refractivity contribution >= 4 is 42.1 Å². The molecule has 46 heavy (non-hydrogen) atoms. The number of nitrogens with zero attached hydrogens (tertiary/aromatic N) is 5. The highest BCUT2D eigenvalue weighted by Gasteiger charge is 2.14. The van der Waals surface area contributed by atoms with Crippen molar-refractivity contribution in [3.8, 4) is 18.2 Å². The van der Waals surface area contributed by atoms with Crippen molar-refractivity contribution < 1.29 is 19.1 Å². The SMILES string of the molecule is C.C=CC#N.CC(=NC(CCC#N)C(N)=O)c1ccccc1.COC(=O)C=NC(C)c1ccccc1.Cl.N#CCCC(N)C(N)=O. The Morgan fingerprint density at radius 3 is 1.83 bits per heavy atom. The zero-order chi connectivity index (χ0) is 33.8. The summed E-state index contributed by atoms with van der Waals surface area (Å²) in [5.41, 5.74) is 18.0. The van der Waals surface area contributed by atoms with Crippen LogP contribution in [-0.2, 0) is 19.1 Å². The molecule has 0 saturated carbocycles. The number of ether oxygens (including phenoxy) is 1. The van der Waals surface area contributed by atoms with Gasteiger partial charge in [-0.15, -0.1) is 12.4 Å². The Kier molecular flexibility index (Phi) is 32.2. The highest BCUT2D eigenvalue weighted by atomic mass is 35.5. The molecule has 12 nitrogen and oxygen atoms in total. The molecule has 13 heteroatoms. The molecule has 6 N–H and O–H groups in total. The number of rotatable bonds is 11. The second kappa shape index (κ2) is 31.1. The minimum atomic E-state index is -0.662. The number of nitrogens with two attached hydrogens (primary N) is 3. The quantitative estimate of drug-likeness (QED) is 0.177. The molecule has 0 aliphatic heterocycles. The predicted octanol–water partition coefficient (Wildman–Crippen LogP) is 4.50. The summed E-state index contributed by atoms with van der Waals surface area (Å²) in [5.74, 6) is -1.46. The van der Waals surface area contributed by atoms with E-state index in [1.807, 2.05) is 86.6 Å². The van der Waals surface area contributed by atoms with E-state index in [0.717, 1.165) is 16.8 Å². The lowest BCUT2D eigenvalue weighted by molar-refractivity contribution is -0.132. The molecule has 2 amide bonds. The second-order valence-corrected chi connectivity index (χ2v) is 8.62. The lowest BCUT2D eigenvalue weighted by Crippen LogP contribution is -2.36. The monoisotopic (exact) mass is 652 g/mol. The Morgan fingerprint density at radius 1 is 0.935 bits per heavy atom. The molecule has 0 spiro atoms. The van der Waals surface area contributed by atoms with Gasteiger partial charge in [0, 0.05) is 24.6 Å². The number of allylic oxidation sites excluding steroid dienone is 1. The molecule has 0 aliphatic carbocycles. The summed E-state index contributed by atoms with van der Waals surface area (Å²) in [7, 11) is 1.33. The van der Waals surface area contributed by atoms with Crippen molar-refractivity contribution in [2.45, 2.75) is 65.1 Å². The molecule has 3 atom stereocenters. The van der Waals surface area contributed by atoms with Crippen molar-refractivity contribution in [1.29, 1.82) is 15.8 Å². The number of benzene rings is 2. The number of esters is 1. The average Bonchev–Trinajstić information content (AvgIpc) is 3.05. The van der Waals surface area contributed by atoms with Crippen molar-refractivity contribution in [3.05, 3.63) is 84.4 Å². The van der Waals surface area contributed by atoms with Gasteiger partial charge >= 0.3 is 5.97 Å².